The number of ether oxygens (including phenoxy) is 2. The van der Waals surface area contributed by atoms with Gasteiger partial charge in [0.05, 0.1) is 19.2 Å². The average molecular weight is 272 g/mol. The molecule has 0 spiro atoms. The highest BCUT2D eigenvalue weighted by atomic mass is 35.5. The largest absolute Gasteiger partial charge is 0.504 e. The van der Waals surface area contributed by atoms with Gasteiger partial charge in [0, 0.05) is 23.6 Å². The van der Waals surface area contributed by atoms with Gasteiger partial charge in [-0.25, -0.2) is 0 Å². The minimum Gasteiger partial charge on any atom is -0.504 e. The van der Waals surface area contributed by atoms with E-state index in [1.165, 1.54) is 14.2 Å². The predicted molar refractivity (Wildman–Crippen MR) is 70.8 cm³/mol. The van der Waals surface area contributed by atoms with Gasteiger partial charge in [0.2, 0.25) is 5.75 Å². The SMILES string of the molecule is COc1cc(Cl)c(C2(CN)CCC2)c(O)c1OC. The Labute approximate surface area is 112 Å². The van der Waals surface area contributed by atoms with E-state index in [-0.39, 0.29) is 11.2 Å². The van der Waals surface area contributed by atoms with Gasteiger partial charge in [0.1, 0.15) is 0 Å². The smallest absolute Gasteiger partial charge is 0.203 e. The van der Waals surface area contributed by atoms with Gasteiger partial charge in [0.15, 0.2) is 11.5 Å². The van der Waals surface area contributed by atoms with Crippen molar-refractivity contribution in [3.8, 4) is 17.2 Å². The lowest BCUT2D eigenvalue weighted by atomic mass is 9.64. The number of methoxy groups -OCH3 is 2. The molecule has 0 radical (unpaired) electrons. The zero-order valence-electron chi connectivity index (χ0n) is 10.6. The highest BCUT2D eigenvalue weighted by Gasteiger charge is 2.42. The molecule has 0 amide bonds. The van der Waals surface area contributed by atoms with E-state index in [2.05, 4.69) is 0 Å². The lowest BCUT2D eigenvalue weighted by Crippen LogP contribution is -2.41. The molecule has 2 rings (SSSR count). The van der Waals surface area contributed by atoms with Crippen molar-refractivity contribution in [1.29, 1.82) is 0 Å². The van der Waals surface area contributed by atoms with Crippen LogP contribution in [0.2, 0.25) is 5.02 Å². The Morgan fingerprint density at radius 2 is 2.06 bits per heavy atom. The van der Waals surface area contributed by atoms with Crippen LogP contribution in [-0.4, -0.2) is 25.9 Å². The highest BCUT2D eigenvalue weighted by Crippen LogP contribution is 2.53. The second-order valence-corrected chi connectivity index (χ2v) is 5.06. The van der Waals surface area contributed by atoms with Crippen molar-refractivity contribution < 1.29 is 14.6 Å². The molecule has 100 valence electrons. The van der Waals surface area contributed by atoms with Gasteiger partial charge >= 0.3 is 0 Å². The molecule has 5 heteroatoms. The maximum atomic E-state index is 10.4. The normalized spacial score (nSPS) is 17.1. The third-order valence-corrected chi connectivity index (χ3v) is 4.13. The van der Waals surface area contributed by atoms with Gasteiger partial charge in [-0.3, -0.25) is 0 Å². The fourth-order valence-corrected chi connectivity index (χ4v) is 3.00. The summed E-state index contributed by atoms with van der Waals surface area (Å²) in [4.78, 5) is 0. The molecule has 3 N–H and O–H groups in total. The number of rotatable bonds is 4. The molecule has 1 aromatic carbocycles. The molecular formula is C13H18ClNO3. The molecule has 4 nitrogen and oxygen atoms in total. The topological polar surface area (TPSA) is 64.7 Å². The summed E-state index contributed by atoms with van der Waals surface area (Å²) in [5.74, 6) is 0.791. The van der Waals surface area contributed by atoms with Crippen molar-refractivity contribution in [1.82, 2.24) is 0 Å². The number of phenolic OH excluding ortho intramolecular Hbond substituents is 1. The number of hydrogen-bond acceptors (Lipinski definition) is 4. The summed E-state index contributed by atoms with van der Waals surface area (Å²) in [6.45, 7) is 0.468. The summed E-state index contributed by atoms with van der Waals surface area (Å²) >= 11 is 6.27. The monoisotopic (exact) mass is 271 g/mol. The van der Waals surface area contributed by atoms with Crippen LogP contribution in [0.3, 0.4) is 0 Å². The summed E-state index contributed by atoms with van der Waals surface area (Å²) in [5.41, 5.74) is 6.33. The summed E-state index contributed by atoms with van der Waals surface area (Å²) < 4.78 is 10.3. The predicted octanol–water partition coefficient (Wildman–Crippen LogP) is 2.44. The van der Waals surface area contributed by atoms with E-state index in [0.29, 0.717) is 28.6 Å². The molecule has 1 aromatic rings. The molecule has 1 aliphatic carbocycles. The van der Waals surface area contributed by atoms with Gasteiger partial charge in [-0.1, -0.05) is 18.0 Å². The maximum Gasteiger partial charge on any atom is 0.203 e. The van der Waals surface area contributed by atoms with Crippen molar-refractivity contribution in [2.24, 2.45) is 5.73 Å². The minimum absolute atomic E-state index is 0.0481. The Bertz CT molecular complexity index is 453. The number of phenols is 1. The van der Waals surface area contributed by atoms with E-state index in [9.17, 15) is 5.11 Å². The Kier molecular flexibility index (Phi) is 3.59. The number of nitrogens with two attached hydrogens (primary N) is 1. The first kappa shape index (κ1) is 13.3. The van der Waals surface area contributed by atoms with E-state index < -0.39 is 0 Å². The summed E-state index contributed by atoms with van der Waals surface area (Å²) in [6, 6.07) is 1.67. The fourth-order valence-electron chi connectivity index (χ4n) is 2.61. The number of aromatic hydroxyl groups is 1. The number of hydrogen-bond donors (Lipinski definition) is 2. The standard InChI is InChI=1S/C13H18ClNO3/c1-17-9-6-8(14)10(11(16)12(9)18-2)13(7-15)4-3-5-13/h6,16H,3-5,7,15H2,1-2H3. The van der Waals surface area contributed by atoms with Crippen molar-refractivity contribution in [3.05, 3.63) is 16.7 Å². The van der Waals surface area contributed by atoms with Gasteiger partial charge in [-0.2, -0.15) is 0 Å². The number of benzene rings is 1. The third kappa shape index (κ3) is 1.80. The quantitative estimate of drug-likeness (QED) is 0.883. The first-order valence-corrected chi connectivity index (χ1v) is 6.31. The lowest BCUT2D eigenvalue weighted by molar-refractivity contribution is 0.240. The van der Waals surface area contributed by atoms with Crippen LogP contribution in [0.1, 0.15) is 24.8 Å². The first-order valence-electron chi connectivity index (χ1n) is 5.93. The van der Waals surface area contributed by atoms with Crippen LogP contribution in [0.25, 0.3) is 0 Å². The van der Waals surface area contributed by atoms with E-state index in [0.717, 1.165) is 19.3 Å². The molecule has 1 aliphatic rings. The average Bonchev–Trinajstić information content (AvgIpc) is 2.31. The number of halogens is 1. The molecule has 18 heavy (non-hydrogen) atoms. The Morgan fingerprint density at radius 3 is 2.44 bits per heavy atom. The molecule has 1 saturated carbocycles. The van der Waals surface area contributed by atoms with Gasteiger partial charge < -0.3 is 20.3 Å². The summed E-state index contributed by atoms with van der Waals surface area (Å²) in [5, 5.41) is 10.9. The fraction of sp³-hybridized carbons (Fsp3) is 0.538. The zero-order chi connectivity index (χ0) is 13.3. The second kappa shape index (κ2) is 4.86. The van der Waals surface area contributed by atoms with E-state index in [1.807, 2.05) is 0 Å². The summed E-state index contributed by atoms with van der Waals surface area (Å²) in [6.07, 6.45) is 2.97. The molecule has 0 unspecified atom stereocenters. The van der Waals surface area contributed by atoms with Crippen molar-refractivity contribution in [3.63, 3.8) is 0 Å². The van der Waals surface area contributed by atoms with Crippen LogP contribution < -0.4 is 15.2 Å². The first-order chi connectivity index (χ1) is 8.59. The van der Waals surface area contributed by atoms with Gasteiger partial charge in [-0.05, 0) is 12.8 Å². The van der Waals surface area contributed by atoms with Crippen LogP contribution in [0, 0.1) is 0 Å². The molecule has 0 bridgehead atoms. The van der Waals surface area contributed by atoms with Crippen molar-refractivity contribution in [2.75, 3.05) is 20.8 Å². The highest BCUT2D eigenvalue weighted by molar-refractivity contribution is 6.32. The summed E-state index contributed by atoms with van der Waals surface area (Å²) in [7, 11) is 3.00. The molecule has 0 saturated heterocycles. The van der Waals surface area contributed by atoms with Crippen LogP contribution in [0.5, 0.6) is 17.2 Å². The Morgan fingerprint density at radius 1 is 1.39 bits per heavy atom. The van der Waals surface area contributed by atoms with Crippen LogP contribution in [0.4, 0.5) is 0 Å². The second-order valence-electron chi connectivity index (χ2n) is 4.66. The lowest BCUT2D eigenvalue weighted by Gasteiger charge is -2.42. The Balaban J connectivity index is 2.61. The molecule has 0 aliphatic heterocycles. The zero-order valence-corrected chi connectivity index (χ0v) is 11.4. The molecular weight excluding hydrogens is 254 g/mol. The molecule has 0 aromatic heterocycles. The van der Waals surface area contributed by atoms with Crippen LogP contribution >= 0.6 is 11.6 Å². The third-order valence-electron chi connectivity index (χ3n) is 3.83. The molecule has 0 atom stereocenters. The van der Waals surface area contributed by atoms with Crippen molar-refractivity contribution >= 4 is 11.6 Å². The molecule has 0 heterocycles. The van der Waals surface area contributed by atoms with Crippen LogP contribution in [-0.2, 0) is 5.41 Å². The van der Waals surface area contributed by atoms with Gasteiger partial charge in [0.25, 0.3) is 0 Å². The minimum atomic E-state index is -0.222. The Hall–Kier alpha value is -1.13. The van der Waals surface area contributed by atoms with Crippen molar-refractivity contribution in [2.45, 2.75) is 24.7 Å². The van der Waals surface area contributed by atoms with E-state index >= 15 is 0 Å². The van der Waals surface area contributed by atoms with E-state index in [1.54, 1.807) is 6.07 Å². The van der Waals surface area contributed by atoms with E-state index in [4.69, 9.17) is 26.8 Å². The van der Waals surface area contributed by atoms with Gasteiger partial charge in [-0.15, -0.1) is 0 Å². The van der Waals surface area contributed by atoms with Crippen LogP contribution in [0.15, 0.2) is 6.07 Å². The molecule has 1 fully saturated rings. The maximum absolute atomic E-state index is 10.4.